The molecule has 1 aliphatic carbocycles. The van der Waals surface area contributed by atoms with Gasteiger partial charge in [0.05, 0.1) is 17.8 Å². The maximum absolute atomic E-state index is 12.3. The quantitative estimate of drug-likeness (QED) is 0.905. The van der Waals surface area contributed by atoms with Crippen LogP contribution in [0.3, 0.4) is 0 Å². The fourth-order valence-corrected chi connectivity index (χ4v) is 3.05. The Bertz CT molecular complexity index is 655. The van der Waals surface area contributed by atoms with Gasteiger partial charge in [0.15, 0.2) is 0 Å². The molecule has 1 amide bonds. The van der Waals surface area contributed by atoms with Crippen LogP contribution in [0, 0.1) is 6.92 Å². The van der Waals surface area contributed by atoms with Crippen LogP contribution in [0.15, 0.2) is 24.5 Å². The van der Waals surface area contributed by atoms with E-state index in [-0.39, 0.29) is 5.91 Å². The molecule has 0 aromatic carbocycles. The summed E-state index contributed by atoms with van der Waals surface area (Å²) >= 11 is 0. The predicted octanol–water partition coefficient (Wildman–Crippen LogP) is 1.92. The van der Waals surface area contributed by atoms with Crippen LogP contribution in [-0.4, -0.2) is 20.8 Å². The molecule has 0 radical (unpaired) electrons. The van der Waals surface area contributed by atoms with Crippen molar-refractivity contribution in [2.75, 3.05) is 0 Å². The van der Waals surface area contributed by atoms with Gasteiger partial charge in [-0.1, -0.05) is 25.3 Å². The van der Waals surface area contributed by atoms with Gasteiger partial charge in [0.2, 0.25) is 5.91 Å². The van der Waals surface area contributed by atoms with E-state index >= 15 is 0 Å². The third-order valence-electron chi connectivity index (χ3n) is 4.36. The number of aromatic nitrogens is 2. The lowest BCUT2D eigenvalue weighted by atomic mass is 9.82. The zero-order valence-electron chi connectivity index (χ0n) is 12.4. The van der Waals surface area contributed by atoms with Gasteiger partial charge in [-0.05, 0) is 31.4 Å². The number of carbonyl (C=O) groups excluding carboxylic acids is 1. The lowest BCUT2D eigenvalue weighted by Gasteiger charge is -2.31. The first-order valence-electron chi connectivity index (χ1n) is 7.59. The summed E-state index contributed by atoms with van der Waals surface area (Å²) in [5.74, 6) is -0.0454. The van der Waals surface area contributed by atoms with Gasteiger partial charge in [-0.15, -0.1) is 0 Å². The number of nitrogens with two attached hydrogens (primary N) is 1. The largest absolute Gasteiger partial charge is 0.349 e. The molecule has 1 saturated carbocycles. The van der Waals surface area contributed by atoms with Gasteiger partial charge in [0, 0.05) is 12.4 Å². The minimum Gasteiger partial charge on any atom is -0.349 e. The molecule has 5 heteroatoms. The molecule has 1 aliphatic rings. The number of carbonyl (C=O) groups is 1. The number of fused-ring (bicyclic) bond motifs is 1. The average Bonchev–Trinajstić information content (AvgIpc) is 2.90. The first kappa shape index (κ1) is 14.1. The number of hydrogen-bond donors (Lipinski definition) is 2. The van der Waals surface area contributed by atoms with E-state index in [2.05, 4.69) is 10.3 Å². The van der Waals surface area contributed by atoms with Crippen molar-refractivity contribution in [3.8, 4) is 0 Å². The summed E-state index contributed by atoms with van der Waals surface area (Å²) in [4.78, 5) is 16.9. The molecule has 1 fully saturated rings. The van der Waals surface area contributed by atoms with Crippen LogP contribution in [0.2, 0.25) is 0 Å². The van der Waals surface area contributed by atoms with Gasteiger partial charge in [-0.3, -0.25) is 4.79 Å². The highest BCUT2D eigenvalue weighted by atomic mass is 16.2. The molecule has 0 aliphatic heterocycles. The van der Waals surface area contributed by atoms with Gasteiger partial charge in [-0.2, -0.15) is 0 Å². The molecule has 0 bridgehead atoms. The summed E-state index contributed by atoms with van der Waals surface area (Å²) in [6.45, 7) is 2.46. The van der Waals surface area contributed by atoms with Crippen molar-refractivity contribution in [1.29, 1.82) is 0 Å². The highest BCUT2D eigenvalue weighted by molar-refractivity contribution is 5.86. The molecule has 0 unspecified atom stereocenters. The molecule has 2 aromatic rings. The average molecular weight is 286 g/mol. The molecule has 2 heterocycles. The maximum atomic E-state index is 12.3. The summed E-state index contributed by atoms with van der Waals surface area (Å²) in [6, 6.07) is 4.02. The Labute approximate surface area is 124 Å². The van der Waals surface area contributed by atoms with Crippen LogP contribution in [0.5, 0.6) is 0 Å². The van der Waals surface area contributed by atoms with Gasteiger partial charge < -0.3 is 15.5 Å². The van der Waals surface area contributed by atoms with E-state index in [9.17, 15) is 4.79 Å². The fourth-order valence-electron chi connectivity index (χ4n) is 3.05. The summed E-state index contributed by atoms with van der Waals surface area (Å²) in [7, 11) is 0. The third-order valence-corrected chi connectivity index (χ3v) is 4.36. The van der Waals surface area contributed by atoms with E-state index in [1.54, 1.807) is 0 Å². The molecule has 2 aromatic heterocycles. The zero-order chi connectivity index (χ0) is 14.9. The van der Waals surface area contributed by atoms with E-state index in [1.165, 1.54) is 6.42 Å². The van der Waals surface area contributed by atoms with Crippen LogP contribution >= 0.6 is 0 Å². The van der Waals surface area contributed by atoms with Crippen molar-refractivity contribution in [2.24, 2.45) is 5.73 Å². The third kappa shape index (κ3) is 2.78. The first-order valence-corrected chi connectivity index (χ1v) is 7.59. The number of rotatable bonds is 3. The molecule has 5 nitrogen and oxygen atoms in total. The molecule has 112 valence electrons. The van der Waals surface area contributed by atoms with Gasteiger partial charge in [0.25, 0.3) is 0 Å². The monoisotopic (exact) mass is 286 g/mol. The van der Waals surface area contributed by atoms with Crippen molar-refractivity contribution < 1.29 is 4.79 Å². The molecule has 0 spiro atoms. The number of nitrogens with zero attached hydrogens (tertiary/aromatic N) is 2. The van der Waals surface area contributed by atoms with Gasteiger partial charge >= 0.3 is 0 Å². The van der Waals surface area contributed by atoms with Gasteiger partial charge in [0.1, 0.15) is 5.65 Å². The number of amides is 1. The van der Waals surface area contributed by atoms with Crippen LogP contribution in [0.1, 0.15) is 43.4 Å². The topological polar surface area (TPSA) is 72.4 Å². The Hall–Kier alpha value is -1.88. The standard InChI is InChI=1S/C16H22N4O/c1-12-6-5-9-20-11-13(19-14(12)20)10-18-15(21)16(17)7-3-2-4-8-16/h5-6,9,11H,2-4,7-8,10,17H2,1H3,(H,18,21). The van der Waals surface area contributed by atoms with E-state index in [1.807, 2.05) is 35.9 Å². The van der Waals surface area contributed by atoms with Crippen molar-refractivity contribution >= 4 is 11.6 Å². The summed E-state index contributed by atoms with van der Waals surface area (Å²) in [6.07, 6.45) is 8.73. The van der Waals surface area contributed by atoms with Crippen molar-refractivity contribution in [1.82, 2.24) is 14.7 Å². The summed E-state index contributed by atoms with van der Waals surface area (Å²) < 4.78 is 1.98. The number of hydrogen-bond acceptors (Lipinski definition) is 3. The van der Waals surface area contributed by atoms with E-state index < -0.39 is 5.54 Å². The number of nitrogens with one attached hydrogen (secondary N) is 1. The predicted molar refractivity (Wildman–Crippen MR) is 81.8 cm³/mol. The summed E-state index contributed by atoms with van der Waals surface area (Å²) in [5.41, 5.74) is 8.45. The fraction of sp³-hybridized carbons (Fsp3) is 0.500. The number of aryl methyl sites for hydroxylation is 1. The Morgan fingerprint density at radius 1 is 1.43 bits per heavy atom. The SMILES string of the molecule is Cc1cccn2cc(CNC(=O)C3(N)CCCCC3)nc12. The second-order valence-corrected chi connectivity index (χ2v) is 6.05. The smallest absolute Gasteiger partial charge is 0.240 e. The number of imidazole rings is 1. The minimum atomic E-state index is -0.687. The van der Waals surface area contributed by atoms with E-state index in [0.717, 1.165) is 42.6 Å². The molecule has 3 N–H and O–H groups in total. The maximum Gasteiger partial charge on any atom is 0.240 e. The minimum absolute atomic E-state index is 0.0454. The molecule has 0 saturated heterocycles. The zero-order valence-corrected chi connectivity index (χ0v) is 12.4. The highest BCUT2D eigenvalue weighted by Crippen LogP contribution is 2.26. The lowest BCUT2D eigenvalue weighted by Crippen LogP contribution is -2.54. The van der Waals surface area contributed by atoms with Crippen molar-refractivity contribution in [3.63, 3.8) is 0 Å². The molecular weight excluding hydrogens is 264 g/mol. The lowest BCUT2D eigenvalue weighted by molar-refractivity contribution is -0.127. The van der Waals surface area contributed by atoms with Crippen LogP contribution in [-0.2, 0) is 11.3 Å². The van der Waals surface area contributed by atoms with Crippen molar-refractivity contribution in [2.45, 2.75) is 51.1 Å². The van der Waals surface area contributed by atoms with E-state index in [0.29, 0.717) is 6.54 Å². The first-order chi connectivity index (χ1) is 10.1. The molecule has 3 rings (SSSR count). The summed E-state index contributed by atoms with van der Waals surface area (Å²) in [5, 5.41) is 2.95. The Morgan fingerprint density at radius 3 is 2.90 bits per heavy atom. The Morgan fingerprint density at radius 2 is 2.19 bits per heavy atom. The van der Waals surface area contributed by atoms with Crippen LogP contribution < -0.4 is 11.1 Å². The van der Waals surface area contributed by atoms with E-state index in [4.69, 9.17) is 5.73 Å². The number of pyridine rings is 1. The van der Waals surface area contributed by atoms with Crippen LogP contribution in [0.25, 0.3) is 5.65 Å². The van der Waals surface area contributed by atoms with Crippen molar-refractivity contribution in [3.05, 3.63) is 35.8 Å². The Kier molecular flexibility index (Phi) is 3.68. The van der Waals surface area contributed by atoms with Crippen LogP contribution in [0.4, 0.5) is 0 Å². The Balaban J connectivity index is 1.68. The normalized spacial score (nSPS) is 17.8. The highest BCUT2D eigenvalue weighted by Gasteiger charge is 2.34. The molecule has 0 atom stereocenters. The second kappa shape index (κ2) is 5.48. The molecular formula is C16H22N4O. The van der Waals surface area contributed by atoms with Gasteiger partial charge in [-0.25, -0.2) is 4.98 Å². The molecule has 21 heavy (non-hydrogen) atoms. The second-order valence-electron chi connectivity index (χ2n) is 6.05.